The number of hydrogen-bond acceptors (Lipinski definition) is 3. The number of rotatable bonds is 6. The van der Waals surface area contributed by atoms with Gasteiger partial charge in [0.15, 0.2) is 0 Å². The summed E-state index contributed by atoms with van der Waals surface area (Å²) in [6.45, 7) is 4.20. The molecular weight excluding hydrogens is 224 g/mol. The molecule has 0 radical (unpaired) electrons. The fraction of sp³-hybridized carbons (Fsp3) is 0.600. The Morgan fingerprint density at radius 1 is 1.28 bits per heavy atom. The third-order valence-corrected chi connectivity index (χ3v) is 3.63. The minimum Gasteiger partial charge on any atom is -0.385 e. The van der Waals surface area contributed by atoms with E-state index in [0.717, 1.165) is 38.6 Å². The van der Waals surface area contributed by atoms with Crippen LogP contribution in [-0.2, 0) is 11.2 Å². The maximum Gasteiger partial charge on any atom is 0.0503 e. The molecule has 1 aromatic rings. The van der Waals surface area contributed by atoms with E-state index in [2.05, 4.69) is 34.9 Å². The summed E-state index contributed by atoms with van der Waals surface area (Å²) >= 11 is 0. The molecule has 1 saturated heterocycles. The number of nitrogens with one attached hydrogen (secondary N) is 2. The molecule has 0 bridgehead atoms. The van der Waals surface area contributed by atoms with Crippen LogP contribution >= 0.6 is 0 Å². The SMILES string of the molecule is COCCc1ccccc1NCC1CCNCC1. The quantitative estimate of drug-likeness (QED) is 0.810. The van der Waals surface area contributed by atoms with Crippen molar-refractivity contribution in [2.75, 3.05) is 38.7 Å². The van der Waals surface area contributed by atoms with Crippen LogP contribution < -0.4 is 10.6 Å². The molecule has 1 fully saturated rings. The first-order valence-corrected chi connectivity index (χ1v) is 6.91. The van der Waals surface area contributed by atoms with Crippen LogP contribution in [-0.4, -0.2) is 33.4 Å². The summed E-state index contributed by atoms with van der Waals surface area (Å²) < 4.78 is 5.16. The Bertz CT molecular complexity index is 348. The third kappa shape index (κ3) is 4.00. The average molecular weight is 248 g/mol. The molecule has 2 rings (SSSR count). The zero-order chi connectivity index (χ0) is 12.6. The van der Waals surface area contributed by atoms with Crippen molar-refractivity contribution in [3.8, 4) is 0 Å². The Balaban J connectivity index is 1.87. The van der Waals surface area contributed by atoms with Gasteiger partial charge in [-0.15, -0.1) is 0 Å². The standard InChI is InChI=1S/C15H24N2O/c1-18-11-8-14-4-2-3-5-15(14)17-12-13-6-9-16-10-7-13/h2-5,13,16-17H,6-12H2,1H3. The van der Waals surface area contributed by atoms with E-state index in [1.54, 1.807) is 7.11 Å². The molecule has 1 aromatic carbocycles. The van der Waals surface area contributed by atoms with E-state index < -0.39 is 0 Å². The molecule has 1 aliphatic heterocycles. The number of para-hydroxylation sites is 1. The van der Waals surface area contributed by atoms with Crippen LogP contribution in [0.15, 0.2) is 24.3 Å². The molecule has 1 aliphatic rings. The second-order valence-electron chi connectivity index (χ2n) is 4.97. The van der Waals surface area contributed by atoms with Gasteiger partial charge in [-0.2, -0.15) is 0 Å². The lowest BCUT2D eigenvalue weighted by atomic mass is 9.98. The highest BCUT2D eigenvalue weighted by Crippen LogP contribution is 2.18. The summed E-state index contributed by atoms with van der Waals surface area (Å²) in [6.07, 6.45) is 3.55. The van der Waals surface area contributed by atoms with Crippen molar-refractivity contribution >= 4 is 5.69 Å². The van der Waals surface area contributed by atoms with Crippen LogP contribution in [0, 0.1) is 5.92 Å². The minimum absolute atomic E-state index is 0.784. The van der Waals surface area contributed by atoms with Crippen LogP contribution in [0.3, 0.4) is 0 Å². The summed E-state index contributed by atoms with van der Waals surface area (Å²) in [5, 5.41) is 7.02. The third-order valence-electron chi connectivity index (χ3n) is 3.63. The summed E-state index contributed by atoms with van der Waals surface area (Å²) in [6, 6.07) is 8.55. The zero-order valence-corrected chi connectivity index (χ0v) is 11.2. The van der Waals surface area contributed by atoms with E-state index in [9.17, 15) is 0 Å². The number of ether oxygens (including phenoxy) is 1. The van der Waals surface area contributed by atoms with E-state index in [1.165, 1.54) is 24.1 Å². The fourth-order valence-electron chi connectivity index (χ4n) is 2.46. The number of methoxy groups -OCH3 is 1. The second kappa shape index (κ2) is 7.39. The van der Waals surface area contributed by atoms with E-state index in [-0.39, 0.29) is 0 Å². The fourth-order valence-corrected chi connectivity index (χ4v) is 2.46. The molecule has 0 spiro atoms. The second-order valence-corrected chi connectivity index (χ2v) is 4.97. The summed E-state index contributed by atoms with van der Waals surface area (Å²) in [7, 11) is 1.76. The molecule has 0 saturated carbocycles. The van der Waals surface area contributed by atoms with Gasteiger partial charge in [0.05, 0.1) is 6.61 Å². The highest BCUT2D eigenvalue weighted by atomic mass is 16.5. The van der Waals surface area contributed by atoms with Gasteiger partial charge in [-0.05, 0) is 49.9 Å². The molecule has 100 valence electrons. The molecule has 3 nitrogen and oxygen atoms in total. The number of anilines is 1. The minimum atomic E-state index is 0.784. The maximum atomic E-state index is 5.16. The van der Waals surface area contributed by atoms with Crippen molar-refractivity contribution in [2.24, 2.45) is 5.92 Å². The van der Waals surface area contributed by atoms with Crippen molar-refractivity contribution in [1.29, 1.82) is 0 Å². The molecule has 0 unspecified atom stereocenters. The van der Waals surface area contributed by atoms with E-state index >= 15 is 0 Å². The van der Waals surface area contributed by atoms with E-state index in [1.807, 2.05) is 0 Å². The van der Waals surface area contributed by atoms with Crippen LogP contribution in [0.4, 0.5) is 5.69 Å². The molecule has 0 aromatic heterocycles. The smallest absolute Gasteiger partial charge is 0.0503 e. The lowest BCUT2D eigenvalue weighted by Gasteiger charge is -2.24. The molecule has 3 heteroatoms. The topological polar surface area (TPSA) is 33.3 Å². The Hall–Kier alpha value is -1.06. The van der Waals surface area contributed by atoms with Crippen molar-refractivity contribution in [1.82, 2.24) is 5.32 Å². The predicted molar refractivity (Wildman–Crippen MR) is 76.1 cm³/mol. The first kappa shape index (κ1) is 13.4. The van der Waals surface area contributed by atoms with Crippen LogP contribution in [0.5, 0.6) is 0 Å². The van der Waals surface area contributed by atoms with Crippen LogP contribution in [0.1, 0.15) is 18.4 Å². The summed E-state index contributed by atoms with van der Waals surface area (Å²) in [5.41, 5.74) is 2.63. The summed E-state index contributed by atoms with van der Waals surface area (Å²) in [5.74, 6) is 0.807. The molecule has 0 atom stereocenters. The lowest BCUT2D eigenvalue weighted by molar-refractivity contribution is 0.202. The Kier molecular flexibility index (Phi) is 5.49. The highest BCUT2D eigenvalue weighted by molar-refractivity contribution is 5.51. The zero-order valence-electron chi connectivity index (χ0n) is 11.2. The van der Waals surface area contributed by atoms with Gasteiger partial charge < -0.3 is 15.4 Å². The largest absolute Gasteiger partial charge is 0.385 e. The van der Waals surface area contributed by atoms with Crippen molar-refractivity contribution < 1.29 is 4.74 Å². The molecule has 18 heavy (non-hydrogen) atoms. The average Bonchev–Trinajstić information content (AvgIpc) is 2.45. The van der Waals surface area contributed by atoms with Gasteiger partial charge in [-0.25, -0.2) is 0 Å². The Morgan fingerprint density at radius 2 is 2.06 bits per heavy atom. The van der Waals surface area contributed by atoms with Crippen LogP contribution in [0.2, 0.25) is 0 Å². The predicted octanol–water partition coefficient (Wildman–Crippen LogP) is 2.29. The first-order chi connectivity index (χ1) is 8.90. The lowest BCUT2D eigenvalue weighted by Crippen LogP contribution is -2.31. The van der Waals surface area contributed by atoms with Gasteiger partial charge in [0.25, 0.3) is 0 Å². The molecule has 2 N–H and O–H groups in total. The number of benzene rings is 1. The Labute approximate surface area is 110 Å². The molecule has 0 aliphatic carbocycles. The molecular formula is C15H24N2O. The first-order valence-electron chi connectivity index (χ1n) is 6.91. The number of hydrogen-bond donors (Lipinski definition) is 2. The number of piperidine rings is 1. The Morgan fingerprint density at radius 3 is 2.83 bits per heavy atom. The molecule has 1 heterocycles. The van der Waals surface area contributed by atoms with Gasteiger partial charge in [-0.1, -0.05) is 18.2 Å². The molecule has 0 amide bonds. The monoisotopic (exact) mass is 248 g/mol. The van der Waals surface area contributed by atoms with Gasteiger partial charge in [0.1, 0.15) is 0 Å². The van der Waals surface area contributed by atoms with Gasteiger partial charge >= 0.3 is 0 Å². The van der Waals surface area contributed by atoms with Gasteiger partial charge in [0, 0.05) is 19.3 Å². The summed E-state index contributed by atoms with van der Waals surface area (Å²) in [4.78, 5) is 0. The van der Waals surface area contributed by atoms with E-state index in [4.69, 9.17) is 4.74 Å². The maximum absolute atomic E-state index is 5.16. The highest BCUT2D eigenvalue weighted by Gasteiger charge is 2.12. The van der Waals surface area contributed by atoms with Crippen LogP contribution in [0.25, 0.3) is 0 Å². The van der Waals surface area contributed by atoms with Crippen molar-refractivity contribution in [2.45, 2.75) is 19.3 Å². The van der Waals surface area contributed by atoms with Gasteiger partial charge in [0.2, 0.25) is 0 Å². The van der Waals surface area contributed by atoms with Gasteiger partial charge in [-0.3, -0.25) is 0 Å². The van der Waals surface area contributed by atoms with Crippen molar-refractivity contribution in [3.63, 3.8) is 0 Å². The van der Waals surface area contributed by atoms with E-state index in [0.29, 0.717) is 0 Å². The van der Waals surface area contributed by atoms with Crippen molar-refractivity contribution in [3.05, 3.63) is 29.8 Å². The normalized spacial score (nSPS) is 16.7.